The van der Waals surface area contributed by atoms with Crippen molar-refractivity contribution in [1.29, 1.82) is 0 Å². The third-order valence-corrected chi connectivity index (χ3v) is 5.06. The molecule has 0 heterocycles. The summed E-state index contributed by atoms with van der Waals surface area (Å²) in [6.07, 6.45) is 0.649. The minimum atomic E-state index is -1.03. The van der Waals surface area contributed by atoms with Crippen molar-refractivity contribution in [3.05, 3.63) is 82.4 Å². The van der Waals surface area contributed by atoms with Gasteiger partial charge in [-0.2, -0.15) is 0 Å². The summed E-state index contributed by atoms with van der Waals surface area (Å²) in [5.41, 5.74) is 3.36. The molecule has 0 radical (unpaired) electrons. The zero-order valence-corrected chi connectivity index (χ0v) is 17.9. The van der Waals surface area contributed by atoms with Crippen molar-refractivity contribution in [2.45, 2.75) is 6.42 Å². The van der Waals surface area contributed by atoms with Gasteiger partial charge in [0.1, 0.15) is 17.1 Å². The van der Waals surface area contributed by atoms with Crippen LogP contribution in [0.15, 0.2) is 60.7 Å². The van der Waals surface area contributed by atoms with Crippen LogP contribution in [0, 0.1) is 0 Å². The van der Waals surface area contributed by atoms with Crippen LogP contribution in [0.3, 0.4) is 0 Å². The smallest absolute Gasteiger partial charge is 0.339 e. The Kier molecular flexibility index (Phi) is 7.15. The van der Waals surface area contributed by atoms with Crippen LogP contribution in [0.25, 0.3) is 11.1 Å². The molecule has 6 nitrogen and oxygen atoms in total. The van der Waals surface area contributed by atoms with Gasteiger partial charge in [0.25, 0.3) is 5.91 Å². The fourth-order valence-corrected chi connectivity index (χ4v) is 3.36. The van der Waals surface area contributed by atoms with Gasteiger partial charge in [-0.25, -0.2) is 4.79 Å². The minimum Gasteiger partial charge on any atom is -0.496 e. The Morgan fingerprint density at radius 1 is 0.871 bits per heavy atom. The van der Waals surface area contributed by atoms with E-state index in [2.05, 4.69) is 5.32 Å². The number of carboxylic acid groups (broad SMARTS) is 1. The minimum absolute atomic E-state index is 0.120. The zero-order valence-electron chi connectivity index (χ0n) is 17.1. The Bertz CT molecular complexity index is 1100. The number of benzene rings is 3. The molecule has 31 heavy (non-hydrogen) atoms. The van der Waals surface area contributed by atoms with E-state index in [9.17, 15) is 14.7 Å². The van der Waals surface area contributed by atoms with Gasteiger partial charge < -0.3 is 19.9 Å². The number of methoxy groups -OCH3 is 2. The molecule has 0 aliphatic heterocycles. The molecule has 7 heteroatoms. The van der Waals surface area contributed by atoms with Crippen LogP contribution in [-0.2, 0) is 6.42 Å². The predicted octanol–water partition coefficient (Wildman–Crippen LogP) is 4.69. The first-order chi connectivity index (χ1) is 14.9. The molecular formula is C24H22ClNO5. The number of hydrogen-bond acceptors (Lipinski definition) is 4. The van der Waals surface area contributed by atoms with Gasteiger partial charge in [0, 0.05) is 11.6 Å². The molecular weight excluding hydrogens is 418 g/mol. The van der Waals surface area contributed by atoms with E-state index in [1.54, 1.807) is 30.3 Å². The maximum absolute atomic E-state index is 12.4. The lowest BCUT2D eigenvalue weighted by Gasteiger charge is -2.11. The maximum atomic E-state index is 12.4. The average Bonchev–Trinajstić information content (AvgIpc) is 2.78. The van der Waals surface area contributed by atoms with Gasteiger partial charge in [0.15, 0.2) is 0 Å². The van der Waals surface area contributed by atoms with Crippen molar-refractivity contribution in [2.24, 2.45) is 0 Å². The van der Waals surface area contributed by atoms with Crippen LogP contribution in [-0.4, -0.2) is 37.7 Å². The fourth-order valence-electron chi connectivity index (χ4n) is 3.18. The molecule has 0 aliphatic rings. The Labute approximate surface area is 185 Å². The molecule has 3 aromatic rings. The summed E-state index contributed by atoms with van der Waals surface area (Å²) in [6.45, 7) is 0.453. The summed E-state index contributed by atoms with van der Waals surface area (Å²) in [5.74, 6) is -0.499. The summed E-state index contributed by atoms with van der Waals surface area (Å²) < 4.78 is 10.4. The van der Waals surface area contributed by atoms with Gasteiger partial charge in [0.2, 0.25) is 0 Å². The number of amides is 1. The topological polar surface area (TPSA) is 84.9 Å². The first-order valence-corrected chi connectivity index (χ1v) is 9.93. The molecule has 0 bridgehead atoms. The van der Waals surface area contributed by atoms with Crippen LogP contribution < -0.4 is 14.8 Å². The molecule has 0 aliphatic carbocycles. The van der Waals surface area contributed by atoms with E-state index in [0.29, 0.717) is 35.1 Å². The Morgan fingerprint density at radius 2 is 1.55 bits per heavy atom. The summed E-state index contributed by atoms with van der Waals surface area (Å²) in [7, 11) is 2.95. The maximum Gasteiger partial charge on any atom is 0.339 e. The Hall–Kier alpha value is -3.51. The number of carboxylic acids is 1. The van der Waals surface area contributed by atoms with Crippen molar-refractivity contribution in [3.8, 4) is 22.6 Å². The fraction of sp³-hybridized carbons (Fsp3) is 0.167. The molecule has 160 valence electrons. The van der Waals surface area contributed by atoms with E-state index in [1.165, 1.54) is 20.3 Å². The van der Waals surface area contributed by atoms with Crippen LogP contribution in [0.4, 0.5) is 0 Å². The number of aromatic carboxylic acids is 1. The molecule has 0 atom stereocenters. The van der Waals surface area contributed by atoms with Crippen molar-refractivity contribution in [2.75, 3.05) is 20.8 Å². The zero-order chi connectivity index (χ0) is 22.4. The second-order valence-corrected chi connectivity index (χ2v) is 7.20. The summed E-state index contributed by atoms with van der Waals surface area (Å²) in [4.78, 5) is 23.7. The number of carbonyl (C=O) groups is 2. The third-order valence-electron chi connectivity index (χ3n) is 4.82. The number of hydrogen-bond donors (Lipinski definition) is 2. The van der Waals surface area contributed by atoms with Gasteiger partial charge in [-0.15, -0.1) is 0 Å². The lowest BCUT2D eigenvalue weighted by atomic mass is 10.0. The number of carbonyl (C=O) groups excluding carboxylic acids is 1. The largest absolute Gasteiger partial charge is 0.496 e. The van der Waals surface area contributed by atoms with E-state index >= 15 is 0 Å². The molecule has 0 unspecified atom stereocenters. The lowest BCUT2D eigenvalue weighted by Crippen LogP contribution is -2.26. The molecule has 0 saturated heterocycles. The van der Waals surface area contributed by atoms with E-state index < -0.39 is 5.97 Å². The number of rotatable bonds is 8. The Balaban J connectivity index is 1.63. The molecule has 3 aromatic carbocycles. The molecule has 0 aromatic heterocycles. The van der Waals surface area contributed by atoms with Gasteiger partial charge in [-0.05, 0) is 53.4 Å². The monoisotopic (exact) mass is 439 g/mol. The molecule has 1 amide bonds. The Morgan fingerprint density at radius 3 is 2.19 bits per heavy atom. The van der Waals surface area contributed by atoms with Crippen LogP contribution in [0.2, 0.25) is 5.02 Å². The van der Waals surface area contributed by atoms with E-state index in [4.69, 9.17) is 21.1 Å². The quantitative estimate of drug-likeness (QED) is 0.531. The second kappa shape index (κ2) is 10.00. The highest BCUT2D eigenvalue weighted by molar-refractivity contribution is 6.31. The van der Waals surface area contributed by atoms with Crippen molar-refractivity contribution in [1.82, 2.24) is 5.32 Å². The normalized spacial score (nSPS) is 10.4. The average molecular weight is 440 g/mol. The van der Waals surface area contributed by atoms with Crippen LogP contribution in [0.5, 0.6) is 11.5 Å². The van der Waals surface area contributed by atoms with Crippen LogP contribution >= 0.6 is 11.6 Å². The van der Waals surface area contributed by atoms with Crippen molar-refractivity contribution < 1.29 is 24.2 Å². The first-order valence-electron chi connectivity index (χ1n) is 9.55. The second-order valence-electron chi connectivity index (χ2n) is 6.77. The molecule has 2 N–H and O–H groups in total. The standard InChI is InChI=1S/C24H22ClNO5/c1-30-21-10-8-18(25)14-20(21)23(27)26-12-11-15-3-5-16(6-4-15)17-7-9-19(24(28)29)22(13-17)31-2/h3-10,13-14H,11-12H2,1-2H3,(H,26,27)(H,28,29). The summed E-state index contributed by atoms with van der Waals surface area (Å²) >= 11 is 5.98. The molecule has 0 spiro atoms. The third kappa shape index (κ3) is 5.35. The van der Waals surface area contributed by atoms with Gasteiger partial charge in [-0.1, -0.05) is 41.9 Å². The summed E-state index contributed by atoms with van der Waals surface area (Å²) in [6, 6.07) is 17.7. The molecule has 3 rings (SSSR count). The first kappa shape index (κ1) is 22.2. The summed E-state index contributed by atoms with van der Waals surface area (Å²) in [5, 5.41) is 12.6. The lowest BCUT2D eigenvalue weighted by molar-refractivity contribution is 0.0693. The number of nitrogens with one attached hydrogen (secondary N) is 1. The predicted molar refractivity (Wildman–Crippen MR) is 119 cm³/mol. The molecule has 0 saturated carbocycles. The SMILES string of the molecule is COc1cc(-c2ccc(CCNC(=O)c3cc(Cl)ccc3OC)cc2)ccc1C(=O)O. The van der Waals surface area contributed by atoms with Gasteiger partial charge in [0.05, 0.1) is 19.8 Å². The number of ether oxygens (including phenoxy) is 2. The van der Waals surface area contributed by atoms with E-state index in [1.807, 2.05) is 24.3 Å². The van der Waals surface area contributed by atoms with Gasteiger partial charge in [-0.3, -0.25) is 4.79 Å². The number of halogens is 1. The van der Waals surface area contributed by atoms with E-state index in [-0.39, 0.29) is 11.5 Å². The van der Waals surface area contributed by atoms with Crippen molar-refractivity contribution >= 4 is 23.5 Å². The van der Waals surface area contributed by atoms with Crippen molar-refractivity contribution in [3.63, 3.8) is 0 Å². The highest BCUT2D eigenvalue weighted by Gasteiger charge is 2.13. The van der Waals surface area contributed by atoms with Gasteiger partial charge >= 0.3 is 5.97 Å². The highest BCUT2D eigenvalue weighted by atomic mass is 35.5. The van der Waals surface area contributed by atoms with Crippen LogP contribution in [0.1, 0.15) is 26.3 Å². The van der Waals surface area contributed by atoms with E-state index in [0.717, 1.165) is 16.7 Å². The molecule has 0 fully saturated rings. The highest BCUT2D eigenvalue weighted by Crippen LogP contribution is 2.28.